The average Bonchev–Trinajstić information content (AvgIpc) is 3.13. The second kappa shape index (κ2) is 6.85. The summed E-state index contributed by atoms with van der Waals surface area (Å²) in [6.45, 7) is 4.21. The maximum absolute atomic E-state index is 13.0. The average molecular weight is 425 g/mol. The van der Waals surface area contributed by atoms with Gasteiger partial charge in [0.05, 0.1) is 17.4 Å². The van der Waals surface area contributed by atoms with Gasteiger partial charge >= 0.3 is 0 Å². The summed E-state index contributed by atoms with van der Waals surface area (Å²) in [5.41, 5.74) is 6.91. The normalized spacial score (nSPS) is 20.7. The number of hydrogen-bond donors (Lipinski definition) is 3. The molecule has 4 aromatic heterocycles. The fourth-order valence-electron chi connectivity index (χ4n) is 5.01. The lowest BCUT2D eigenvalue weighted by molar-refractivity contribution is 0.102. The van der Waals surface area contributed by atoms with Crippen molar-refractivity contribution in [3.05, 3.63) is 59.4 Å². The standard InChI is InChI=1S/C24H23N7O/c1-11-16-6-18-22(21(11)16)30-31-23(18)24(32)29-15-5-17(12(2)26-10-15)13-4-14-9-28-20(25-3)7-19(14)27-8-13/h4-5,7-11,16,21H,6H2,1-3H3,(H,25,28)(H,29,32)(H,30,31)/t11-,16+,21-/m0/s1. The minimum atomic E-state index is -0.200. The van der Waals surface area contributed by atoms with Gasteiger partial charge in [0.2, 0.25) is 0 Å². The van der Waals surface area contributed by atoms with Gasteiger partial charge in [0.1, 0.15) is 5.82 Å². The van der Waals surface area contributed by atoms with Crippen molar-refractivity contribution in [1.29, 1.82) is 0 Å². The molecule has 0 spiro atoms. The molecular formula is C24H23N7O. The smallest absolute Gasteiger partial charge is 0.276 e. The largest absolute Gasteiger partial charge is 0.373 e. The number of rotatable bonds is 4. The maximum Gasteiger partial charge on any atom is 0.276 e. The lowest BCUT2D eigenvalue weighted by Crippen LogP contribution is -2.15. The highest BCUT2D eigenvalue weighted by Crippen LogP contribution is 2.60. The predicted octanol–water partition coefficient (Wildman–Crippen LogP) is 3.92. The van der Waals surface area contributed by atoms with Gasteiger partial charge in [-0.25, -0.2) is 4.98 Å². The molecule has 0 saturated heterocycles. The van der Waals surface area contributed by atoms with Crippen LogP contribution < -0.4 is 10.6 Å². The van der Waals surface area contributed by atoms with Crippen molar-refractivity contribution in [3.8, 4) is 11.1 Å². The summed E-state index contributed by atoms with van der Waals surface area (Å²) >= 11 is 0. The minimum absolute atomic E-state index is 0.200. The SMILES string of the molecule is CNc1cc2ncc(-c3cc(NC(=O)c4n[nH]c5c4C[C@@H]4[C@H](C)[C@H]54)cnc3C)cc2cn1. The number of nitrogens with zero attached hydrogens (tertiary/aromatic N) is 4. The molecule has 2 aliphatic carbocycles. The van der Waals surface area contributed by atoms with Gasteiger partial charge in [-0.2, -0.15) is 5.10 Å². The summed E-state index contributed by atoms with van der Waals surface area (Å²) < 4.78 is 0. The Kier molecular flexibility index (Phi) is 4.05. The lowest BCUT2D eigenvalue weighted by atomic mass is 10.0. The van der Waals surface area contributed by atoms with Crippen LogP contribution in [-0.2, 0) is 6.42 Å². The molecule has 4 heterocycles. The summed E-state index contributed by atoms with van der Waals surface area (Å²) in [5, 5.41) is 14.4. The lowest BCUT2D eigenvalue weighted by Gasteiger charge is -2.10. The molecule has 1 amide bonds. The van der Waals surface area contributed by atoms with E-state index in [1.54, 1.807) is 12.4 Å². The fourth-order valence-corrected chi connectivity index (χ4v) is 5.01. The first-order valence-electron chi connectivity index (χ1n) is 10.8. The molecule has 8 heteroatoms. The van der Waals surface area contributed by atoms with E-state index < -0.39 is 0 Å². The van der Waals surface area contributed by atoms with E-state index in [1.807, 2.05) is 38.4 Å². The number of nitrogens with one attached hydrogen (secondary N) is 3. The monoisotopic (exact) mass is 425 g/mol. The van der Waals surface area contributed by atoms with Crippen LogP contribution in [0.2, 0.25) is 0 Å². The zero-order valence-electron chi connectivity index (χ0n) is 18.1. The molecule has 3 N–H and O–H groups in total. The first-order chi connectivity index (χ1) is 15.5. The van der Waals surface area contributed by atoms with Crippen LogP contribution in [0.4, 0.5) is 11.5 Å². The predicted molar refractivity (Wildman–Crippen MR) is 123 cm³/mol. The number of aromatic nitrogens is 5. The van der Waals surface area contributed by atoms with Crippen LogP contribution in [-0.4, -0.2) is 38.1 Å². The van der Waals surface area contributed by atoms with Crippen molar-refractivity contribution in [2.24, 2.45) is 11.8 Å². The van der Waals surface area contributed by atoms with E-state index in [0.29, 0.717) is 29.1 Å². The molecule has 0 radical (unpaired) electrons. The molecule has 0 unspecified atom stereocenters. The van der Waals surface area contributed by atoms with Crippen LogP contribution in [0.25, 0.3) is 22.0 Å². The Labute approximate surface area is 184 Å². The van der Waals surface area contributed by atoms with Gasteiger partial charge in [-0.3, -0.25) is 19.9 Å². The van der Waals surface area contributed by atoms with Crippen molar-refractivity contribution in [2.75, 3.05) is 17.7 Å². The van der Waals surface area contributed by atoms with Crippen molar-refractivity contribution < 1.29 is 4.79 Å². The summed E-state index contributed by atoms with van der Waals surface area (Å²) in [6, 6.07) is 5.89. The Hall–Kier alpha value is -3.81. The number of carbonyl (C=O) groups is 1. The van der Waals surface area contributed by atoms with E-state index in [1.165, 1.54) is 0 Å². The number of aryl methyl sites for hydroxylation is 1. The molecule has 6 rings (SSSR count). The summed E-state index contributed by atoms with van der Waals surface area (Å²) in [7, 11) is 1.83. The van der Waals surface area contributed by atoms with Crippen molar-refractivity contribution in [3.63, 3.8) is 0 Å². The third-order valence-corrected chi connectivity index (χ3v) is 6.93. The van der Waals surface area contributed by atoms with Crippen LogP contribution in [0.1, 0.15) is 40.3 Å². The molecule has 1 fully saturated rings. The second-order valence-corrected chi connectivity index (χ2v) is 8.76. The van der Waals surface area contributed by atoms with Crippen LogP contribution in [0, 0.1) is 18.8 Å². The first-order valence-corrected chi connectivity index (χ1v) is 10.8. The molecule has 160 valence electrons. The Morgan fingerprint density at radius 3 is 2.84 bits per heavy atom. The molecule has 0 aliphatic heterocycles. The molecule has 32 heavy (non-hydrogen) atoms. The summed E-state index contributed by atoms with van der Waals surface area (Å²) in [6.07, 6.45) is 6.24. The Morgan fingerprint density at radius 2 is 2.00 bits per heavy atom. The van der Waals surface area contributed by atoms with E-state index in [-0.39, 0.29) is 5.91 Å². The highest BCUT2D eigenvalue weighted by molar-refractivity contribution is 6.04. The molecule has 2 aliphatic rings. The van der Waals surface area contributed by atoms with Crippen molar-refractivity contribution in [1.82, 2.24) is 25.1 Å². The summed E-state index contributed by atoms with van der Waals surface area (Å²) in [5.74, 6) is 2.48. The number of anilines is 2. The van der Waals surface area contributed by atoms with Crippen LogP contribution >= 0.6 is 0 Å². The third kappa shape index (κ3) is 2.86. The maximum atomic E-state index is 13.0. The Morgan fingerprint density at radius 1 is 1.12 bits per heavy atom. The molecule has 0 bridgehead atoms. The van der Waals surface area contributed by atoms with Crippen LogP contribution in [0.15, 0.2) is 36.8 Å². The Bertz CT molecular complexity index is 1390. The molecule has 3 atom stereocenters. The minimum Gasteiger partial charge on any atom is -0.373 e. The van der Waals surface area contributed by atoms with Crippen molar-refractivity contribution >= 4 is 28.3 Å². The number of H-pyrrole nitrogens is 1. The third-order valence-electron chi connectivity index (χ3n) is 6.93. The molecule has 1 saturated carbocycles. The highest BCUT2D eigenvalue weighted by atomic mass is 16.2. The number of carbonyl (C=O) groups excluding carboxylic acids is 1. The molecular weight excluding hydrogens is 402 g/mol. The number of amides is 1. The second-order valence-electron chi connectivity index (χ2n) is 8.76. The number of aromatic amines is 1. The van der Waals surface area contributed by atoms with E-state index in [4.69, 9.17) is 0 Å². The fraction of sp³-hybridized carbons (Fsp3) is 0.292. The summed E-state index contributed by atoms with van der Waals surface area (Å²) in [4.78, 5) is 26.4. The first kappa shape index (κ1) is 18.9. The van der Waals surface area contributed by atoms with E-state index >= 15 is 0 Å². The topological polar surface area (TPSA) is 108 Å². The van der Waals surface area contributed by atoms with Gasteiger partial charge in [-0.1, -0.05) is 6.92 Å². The Balaban J connectivity index is 1.29. The number of pyridine rings is 3. The van der Waals surface area contributed by atoms with E-state index in [9.17, 15) is 4.79 Å². The number of fused-ring (bicyclic) bond motifs is 4. The van der Waals surface area contributed by atoms with E-state index in [0.717, 1.165) is 51.2 Å². The molecule has 8 nitrogen and oxygen atoms in total. The van der Waals surface area contributed by atoms with Crippen molar-refractivity contribution in [2.45, 2.75) is 26.2 Å². The van der Waals surface area contributed by atoms with Gasteiger partial charge in [0, 0.05) is 64.9 Å². The van der Waals surface area contributed by atoms with Gasteiger partial charge in [0.15, 0.2) is 5.69 Å². The highest BCUT2D eigenvalue weighted by Gasteiger charge is 2.55. The van der Waals surface area contributed by atoms with Gasteiger partial charge in [0.25, 0.3) is 5.91 Å². The van der Waals surface area contributed by atoms with Gasteiger partial charge in [-0.15, -0.1) is 0 Å². The van der Waals surface area contributed by atoms with E-state index in [2.05, 4.69) is 42.7 Å². The number of hydrogen-bond acceptors (Lipinski definition) is 6. The zero-order valence-corrected chi connectivity index (χ0v) is 18.1. The quantitative estimate of drug-likeness (QED) is 0.457. The van der Waals surface area contributed by atoms with Crippen LogP contribution in [0.3, 0.4) is 0 Å². The molecule has 0 aromatic carbocycles. The molecule has 4 aromatic rings. The van der Waals surface area contributed by atoms with Crippen LogP contribution in [0.5, 0.6) is 0 Å². The zero-order chi connectivity index (χ0) is 22.0. The van der Waals surface area contributed by atoms with Gasteiger partial charge < -0.3 is 10.6 Å². The van der Waals surface area contributed by atoms with Gasteiger partial charge in [-0.05, 0) is 37.3 Å².